The number of halogens is 1. The first-order chi connectivity index (χ1) is 8.41. The van der Waals surface area contributed by atoms with E-state index in [0.29, 0.717) is 23.1 Å². The monoisotopic (exact) mass is 332 g/mol. The number of amides is 1. The minimum Gasteiger partial charge on any atom is -0.354 e. The Hall–Kier alpha value is -0.920. The van der Waals surface area contributed by atoms with E-state index in [1.54, 1.807) is 25.1 Å². The molecule has 0 aromatic heterocycles. The Kier molecular flexibility index (Phi) is 3.74. The summed E-state index contributed by atoms with van der Waals surface area (Å²) in [6.07, 6.45) is 0. The summed E-state index contributed by atoms with van der Waals surface area (Å²) in [6.45, 7) is 2.28. The maximum atomic E-state index is 12.4. The van der Waals surface area contributed by atoms with Gasteiger partial charge in [-0.25, -0.2) is 8.42 Å². The van der Waals surface area contributed by atoms with Gasteiger partial charge in [0.25, 0.3) is 0 Å². The Morgan fingerprint density at radius 2 is 2.11 bits per heavy atom. The highest BCUT2D eigenvalue weighted by molar-refractivity contribution is 9.10. The summed E-state index contributed by atoms with van der Waals surface area (Å²) in [4.78, 5) is 11.5. The van der Waals surface area contributed by atoms with E-state index in [1.165, 1.54) is 4.31 Å². The standard InChI is InChI=1S/C11H13BrN2O3S/c1-8-2-3-9(12)6-10(8)18(16,17)14-5-4-13-11(15)7-14/h2-3,6H,4-5,7H2,1H3,(H,13,15). The summed E-state index contributed by atoms with van der Waals surface area (Å²) in [6, 6.07) is 5.09. The molecular formula is C11H13BrN2O3S. The highest BCUT2D eigenvalue weighted by Gasteiger charge is 2.30. The number of piperazine rings is 1. The lowest BCUT2D eigenvalue weighted by Crippen LogP contribution is -2.49. The van der Waals surface area contributed by atoms with E-state index in [2.05, 4.69) is 21.2 Å². The quantitative estimate of drug-likeness (QED) is 0.874. The predicted octanol–water partition coefficient (Wildman–Crippen LogP) is 0.878. The molecule has 98 valence electrons. The molecular weight excluding hydrogens is 320 g/mol. The number of carbonyl (C=O) groups excluding carboxylic acids is 1. The van der Waals surface area contributed by atoms with Crippen LogP contribution in [0.1, 0.15) is 5.56 Å². The van der Waals surface area contributed by atoms with Crippen LogP contribution in [0.25, 0.3) is 0 Å². The van der Waals surface area contributed by atoms with Crippen LogP contribution in [0.3, 0.4) is 0 Å². The van der Waals surface area contributed by atoms with E-state index in [9.17, 15) is 13.2 Å². The van der Waals surface area contributed by atoms with Gasteiger partial charge in [0.15, 0.2) is 0 Å². The van der Waals surface area contributed by atoms with Crippen molar-refractivity contribution >= 4 is 31.9 Å². The summed E-state index contributed by atoms with van der Waals surface area (Å²) in [7, 11) is -3.61. The fourth-order valence-corrected chi connectivity index (χ4v) is 3.97. The maximum Gasteiger partial charge on any atom is 0.243 e. The molecule has 2 rings (SSSR count). The lowest BCUT2D eigenvalue weighted by molar-refractivity contribution is -0.122. The van der Waals surface area contributed by atoms with Crippen molar-refractivity contribution in [1.29, 1.82) is 0 Å². The van der Waals surface area contributed by atoms with Crippen molar-refractivity contribution in [1.82, 2.24) is 9.62 Å². The third-order valence-electron chi connectivity index (χ3n) is 2.77. The first kappa shape index (κ1) is 13.5. The number of hydrogen-bond donors (Lipinski definition) is 1. The predicted molar refractivity (Wildman–Crippen MR) is 70.6 cm³/mol. The summed E-state index contributed by atoms with van der Waals surface area (Å²) >= 11 is 3.26. The molecule has 1 aliphatic heterocycles. The van der Waals surface area contributed by atoms with E-state index in [0.717, 1.165) is 0 Å². The van der Waals surface area contributed by atoms with Gasteiger partial charge in [-0.2, -0.15) is 4.31 Å². The Morgan fingerprint density at radius 3 is 2.78 bits per heavy atom. The van der Waals surface area contributed by atoms with Gasteiger partial charge in [-0.1, -0.05) is 22.0 Å². The summed E-state index contributed by atoms with van der Waals surface area (Å²) < 4.78 is 26.8. The smallest absolute Gasteiger partial charge is 0.243 e. The van der Waals surface area contributed by atoms with Crippen LogP contribution in [0.15, 0.2) is 27.6 Å². The SMILES string of the molecule is Cc1ccc(Br)cc1S(=O)(=O)N1CCNC(=O)C1. The average molecular weight is 333 g/mol. The third-order valence-corrected chi connectivity index (χ3v) is 5.25. The van der Waals surface area contributed by atoms with E-state index in [-0.39, 0.29) is 17.3 Å². The number of aryl methyl sites for hydroxylation is 1. The summed E-state index contributed by atoms with van der Waals surface area (Å²) in [5.41, 5.74) is 0.671. The molecule has 1 saturated heterocycles. The molecule has 1 aromatic carbocycles. The summed E-state index contributed by atoms with van der Waals surface area (Å²) in [5.74, 6) is -0.266. The van der Waals surface area contributed by atoms with Crippen LogP contribution in [0, 0.1) is 6.92 Å². The molecule has 0 atom stereocenters. The lowest BCUT2D eigenvalue weighted by atomic mass is 10.2. The second kappa shape index (κ2) is 4.99. The van der Waals surface area contributed by atoms with Crippen molar-refractivity contribution in [3.8, 4) is 0 Å². The van der Waals surface area contributed by atoms with Crippen molar-refractivity contribution in [3.05, 3.63) is 28.2 Å². The molecule has 1 fully saturated rings. The van der Waals surface area contributed by atoms with Gasteiger partial charge in [0.2, 0.25) is 15.9 Å². The third kappa shape index (κ3) is 2.57. The van der Waals surface area contributed by atoms with E-state index < -0.39 is 10.0 Å². The largest absolute Gasteiger partial charge is 0.354 e. The van der Waals surface area contributed by atoms with Crippen molar-refractivity contribution in [2.75, 3.05) is 19.6 Å². The number of benzene rings is 1. The zero-order valence-corrected chi connectivity index (χ0v) is 12.2. The van der Waals surface area contributed by atoms with Gasteiger partial charge in [-0.15, -0.1) is 0 Å². The molecule has 0 unspecified atom stereocenters. The van der Waals surface area contributed by atoms with Crippen LogP contribution in [0.2, 0.25) is 0 Å². The second-order valence-corrected chi connectivity index (χ2v) is 6.92. The Bertz CT molecular complexity index is 586. The number of carbonyl (C=O) groups is 1. The molecule has 18 heavy (non-hydrogen) atoms. The van der Waals surface area contributed by atoms with Crippen LogP contribution < -0.4 is 5.32 Å². The highest BCUT2D eigenvalue weighted by Crippen LogP contribution is 2.24. The Morgan fingerprint density at radius 1 is 1.39 bits per heavy atom. The van der Waals surface area contributed by atoms with Crippen LogP contribution in [0.4, 0.5) is 0 Å². The molecule has 0 radical (unpaired) electrons. The summed E-state index contributed by atoms with van der Waals surface area (Å²) in [5, 5.41) is 2.61. The van der Waals surface area contributed by atoms with Crippen molar-refractivity contribution in [2.45, 2.75) is 11.8 Å². The molecule has 5 nitrogen and oxygen atoms in total. The molecule has 1 aliphatic rings. The molecule has 7 heteroatoms. The van der Waals surface area contributed by atoms with Gasteiger partial charge in [0.05, 0.1) is 11.4 Å². The van der Waals surface area contributed by atoms with Gasteiger partial charge in [-0.05, 0) is 24.6 Å². The van der Waals surface area contributed by atoms with E-state index >= 15 is 0 Å². The normalized spacial score (nSPS) is 17.6. The first-order valence-electron chi connectivity index (χ1n) is 5.44. The fourth-order valence-electron chi connectivity index (χ4n) is 1.81. The van der Waals surface area contributed by atoms with E-state index in [1.807, 2.05) is 0 Å². The molecule has 0 saturated carbocycles. The molecule has 1 aromatic rings. The molecule has 1 heterocycles. The van der Waals surface area contributed by atoms with Gasteiger partial charge in [-0.3, -0.25) is 4.79 Å². The molecule has 1 amide bonds. The average Bonchev–Trinajstić information content (AvgIpc) is 2.32. The Labute approximate surface area is 114 Å². The topological polar surface area (TPSA) is 66.5 Å². The van der Waals surface area contributed by atoms with Crippen molar-refractivity contribution < 1.29 is 13.2 Å². The van der Waals surface area contributed by atoms with Gasteiger partial charge >= 0.3 is 0 Å². The van der Waals surface area contributed by atoms with Gasteiger partial charge in [0.1, 0.15) is 0 Å². The maximum absolute atomic E-state index is 12.4. The first-order valence-corrected chi connectivity index (χ1v) is 7.67. The van der Waals surface area contributed by atoms with Crippen LogP contribution in [-0.4, -0.2) is 38.3 Å². The molecule has 0 bridgehead atoms. The molecule has 1 N–H and O–H groups in total. The lowest BCUT2D eigenvalue weighted by Gasteiger charge is -2.26. The fraction of sp³-hybridized carbons (Fsp3) is 0.364. The van der Waals surface area contributed by atoms with Gasteiger partial charge < -0.3 is 5.32 Å². The van der Waals surface area contributed by atoms with Crippen molar-refractivity contribution in [3.63, 3.8) is 0 Å². The minimum atomic E-state index is -3.61. The Balaban J connectivity index is 2.41. The van der Waals surface area contributed by atoms with Crippen molar-refractivity contribution in [2.24, 2.45) is 0 Å². The number of nitrogens with zero attached hydrogens (tertiary/aromatic N) is 1. The van der Waals surface area contributed by atoms with Crippen LogP contribution >= 0.6 is 15.9 Å². The highest BCUT2D eigenvalue weighted by atomic mass is 79.9. The number of rotatable bonds is 2. The molecule has 0 spiro atoms. The van der Waals surface area contributed by atoms with Crippen LogP contribution in [-0.2, 0) is 14.8 Å². The zero-order chi connectivity index (χ0) is 13.3. The molecule has 0 aliphatic carbocycles. The minimum absolute atomic E-state index is 0.117. The number of sulfonamides is 1. The van der Waals surface area contributed by atoms with Crippen LogP contribution in [0.5, 0.6) is 0 Å². The number of nitrogens with one attached hydrogen (secondary N) is 1. The second-order valence-electron chi connectivity index (χ2n) is 4.10. The number of hydrogen-bond acceptors (Lipinski definition) is 3. The van der Waals surface area contributed by atoms with E-state index in [4.69, 9.17) is 0 Å². The van der Waals surface area contributed by atoms with Gasteiger partial charge in [0, 0.05) is 17.6 Å². The zero-order valence-electron chi connectivity index (χ0n) is 9.81.